The lowest BCUT2D eigenvalue weighted by molar-refractivity contribution is 0.0917. The van der Waals surface area contributed by atoms with Crippen LogP contribution in [0, 0.1) is 11.6 Å². The molecule has 6 aromatic rings. The highest BCUT2D eigenvalue weighted by molar-refractivity contribution is 5.93. The molecule has 0 saturated heterocycles. The molecule has 50 heavy (non-hydrogen) atoms. The van der Waals surface area contributed by atoms with Gasteiger partial charge in [-0.3, -0.25) is 14.2 Å². The van der Waals surface area contributed by atoms with Crippen LogP contribution >= 0.6 is 0 Å². The number of pyridine rings is 2. The molecule has 0 aliphatic heterocycles. The molecule has 256 valence electrons. The van der Waals surface area contributed by atoms with Gasteiger partial charge < -0.3 is 19.4 Å². The first-order valence-electron chi connectivity index (χ1n) is 16.4. The summed E-state index contributed by atoms with van der Waals surface area (Å²) in [5.41, 5.74) is 1.68. The number of halogens is 2. The maximum absolute atomic E-state index is 14.5. The number of amides is 1. The third kappa shape index (κ3) is 6.64. The van der Waals surface area contributed by atoms with Crippen molar-refractivity contribution in [3.63, 3.8) is 0 Å². The molecule has 4 aromatic heterocycles. The van der Waals surface area contributed by atoms with E-state index >= 15 is 0 Å². The van der Waals surface area contributed by atoms with E-state index in [0.717, 1.165) is 35.7 Å². The fourth-order valence-electron chi connectivity index (χ4n) is 6.46. The lowest BCUT2D eigenvalue weighted by Gasteiger charge is -2.30. The Bertz CT molecular complexity index is 2320. The van der Waals surface area contributed by atoms with Crippen molar-refractivity contribution in [2.75, 3.05) is 27.2 Å². The normalized spacial score (nSPS) is 16.3. The van der Waals surface area contributed by atoms with Gasteiger partial charge in [-0.25, -0.2) is 28.1 Å². The van der Waals surface area contributed by atoms with Crippen LogP contribution < -0.4 is 21.3 Å². The number of hydrogen-bond donors (Lipinski definition) is 1. The van der Waals surface area contributed by atoms with Crippen LogP contribution in [0.15, 0.2) is 94.9 Å². The van der Waals surface area contributed by atoms with Gasteiger partial charge in [0.1, 0.15) is 35.3 Å². The van der Waals surface area contributed by atoms with E-state index in [4.69, 9.17) is 4.74 Å². The van der Waals surface area contributed by atoms with Crippen molar-refractivity contribution in [3.05, 3.63) is 123 Å². The number of rotatable bonds is 9. The molecular weight excluding hydrogens is 644 g/mol. The molecule has 1 aliphatic carbocycles. The van der Waals surface area contributed by atoms with Crippen LogP contribution in [0.4, 0.5) is 8.78 Å². The van der Waals surface area contributed by atoms with Gasteiger partial charge >= 0.3 is 5.69 Å². The molecule has 1 saturated carbocycles. The monoisotopic (exact) mass is 679 g/mol. The summed E-state index contributed by atoms with van der Waals surface area (Å²) in [7, 11) is 3.96. The second-order valence-electron chi connectivity index (χ2n) is 12.8. The van der Waals surface area contributed by atoms with E-state index in [1.165, 1.54) is 38.1 Å². The predicted molar refractivity (Wildman–Crippen MR) is 185 cm³/mol. The number of imidazole rings is 1. The third-order valence-corrected chi connectivity index (χ3v) is 9.04. The number of ether oxygens (including phenoxy) is 1. The second-order valence-corrected chi connectivity index (χ2v) is 12.8. The number of carbonyl (C=O) groups excluding carboxylic acids is 1. The van der Waals surface area contributed by atoms with Gasteiger partial charge in [-0.2, -0.15) is 0 Å². The van der Waals surface area contributed by atoms with E-state index in [2.05, 4.69) is 15.3 Å². The van der Waals surface area contributed by atoms with E-state index in [1.807, 2.05) is 61.5 Å². The molecule has 1 N–H and O–H groups in total. The minimum atomic E-state index is -0.686. The first kappa shape index (κ1) is 32.8. The zero-order chi connectivity index (χ0) is 34.9. The average Bonchev–Trinajstić information content (AvgIpc) is 3.53. The van der Waals surface area contributed by atoms with Gasteiger partial charge in [-0.15, -0.1) is 0 Å². The minimum Gasteiger partial charge on any atom is -0.492 e. The Morgan fingerprint density at radius 2 is 1.72 bits per heavy atom. The van der Waals surface area contributed by atoms with E-state index in [-0.39, 0.29) is 22.8 Å². The van der Waals surface area contributed by atoms with E-state index in [1.54, 1.807) is 6.07 Å². The average molecular weight is 680 g/mol. The van der Waals surface area contributed by atoms with Crippen molar-refractivity contribution < 1.29 is 18.3 Å². The summed E-state index contributed by atoms with van der Waals surface area (Å²) in [5.74, 6) is -0.778. The fourth-order valence-corrected chi connectivity index (χ4v) is 6.46. The zero-order valence-electron chi connectivity index (χ0n) is 27.6. The fraction of sp³-hybridized carbons (Fsp3) is 0.270. The number of hydrogen-bond acceptors (Lipinski definition) is 7. The number of fused-ring (bicyclic) bond motifs is 2. The van der Waals surface area contributed by atoms with Crippen LogP contribution in [0.3, 0.4) is 0 Å². The lowest BCUT2D eigenvalue weighted by atomic mass is 9.90. The van der Waals surface area contributed by atoms with Crippen LogP contribution in [-0.2, 0) is 0 Å². The smallest absolute Gasteiger partial charge is 0.337 e. The van der Waals surface area contributed by atoms with Crippen molar-refractivity contribution >= 4 is 22.6 Å². The SMILES string of the molecule is CN(C)CCOc1ccc(-c2cccc(-n3c(=O)n(C4CCC(NC(=O)c5cn6cc(F)ccc6n5)CC4)c(=O)c4cc(F)cnc43)c2)cc1. The highest BCUT2D eigenvalue weighted by Crippen LogP contribution is 2.29. The maximum atomic E-state index is 14.5. The number of nitrogens with one attached hydrogen (secondary N) is 1. The van der Waals surface area contributed by atoms with Crippen molar-refractivity contribution in [2.24, 2.45) is 0 Å². The van der Waals surface area contributed by atoms with Gasteiger partial charge in [0.2, 0.25) is 0 Å². The predicted octanol–water partition coefficient (Wildman–Crippen LogP) is 4.99. The molecule has 0 unspecified atom stereocenters. The van der Waals surface area contributed by atoms with Crippen LogP contribution in [0.2, 0.25) is 0 Å². The minimum absolute atomic E-state index is 0.00654. The van der Waals surface area contributed by atoms with Crippen molar-refractivity contribution in [1.82, 2.24) is 33.7 Å². The molecule has 1 fully saturated rings. The second kappa shape index (κ2) is 13.7. The highest BCUT2D eigenvalue weighted by atomic mass is 19.1. The van der Waals surface area contributed by atoms with E-state index in [0.29, 0.717) is 43.6 Å². The molecule has 7 rings (SSSR count). The first-order valence-corrected chi connectivity index (χ1v) is 16.4. The molecule has 1 amide bonds. The molecule has 1 aliphatic rings. The molecule has 0 atom stereocenters. The Kier molecular flexibility index (Phi) is 8.98. The number of nitrogens with zero attached hydrogens (tertiary/aromatic N) is 6. The zero-order valence-corrected chi connectivity index (χ0v) is 27.6. The third-order valence-electron chi connectivity index (χ3n) is 9.04. The van der Waals surface area contributed by atoms with Gasteiger partial charge in [-0.1, -0.05) is 24.3 Å². The summed E-state index contributed by atoms with van der Waals surface area (Å²) >= 11 is 0. The summed E-state index contributed by atoms with van der Waals surface area (Å²) in [6.07, 6.45) is 5.55. The number of benzene rings is 2. The van der Waals surface area contributed by atoms with E-state index in [9.17, 15) is 23.2 Å². The maximum Gasteiger partial charge on any atom is 0.337 e. The standard InChI is InChI=1S/C37H35F2N7O4/c1-43(2)16-17-50-30-13-6-23(7-14-30)24-4-3-5-29(18-24)45-34-31(19-26(39)20-40-34)36(48)46(37(45)49)28-11-9-27(10-12-28)41-35(47)32-22-44-21-25(38)8-15-33(44)42-32/h3-8,13-15,18-22,27-28H,9-12,16-17H2,1-2H3,(H,41,47). The summed E-state index contributed by atoms with van der Waals surface area (Å²) < 4.78 is 37.9. The molecule has 0 spiro atoms. The molecule has 2 aromatic carbocycles. The topological polar surface area (TPSA) is 116 Å². The lowest BCUT2D eigenvalue weighted by Crippen LogP contribution is -2.45. The van der Waals surface area contributed by atoms with Crippen LogP contribution in [0.5, 0.6) is 5.75 Å². The number of carbonyl (C=O) groups is 1. The van der Waals surface area contributed by atoms with Crippen LogP contribution in [0.1, 0.15) is 42.2 Å². The Labute approximate surface area is 285 Å². The summed E-state index contributed by atoms with van der Waals surface area (Å²) in [5, 5.41) is 2.97. The molecule has 0 radical (unpaired) electrons. The van der Waals surface area contributed by atoms with Crippen LogP contribution in [-0.4, -0.2) is 67.6 Å². The Morgan fingerprint density at radius 1 is 0.940 bits per heavy atom. The summed E-state index contributed by atoms with van der Waals surface area (Å²) in [6, 6.07) is 18.1. The molecule has 4 heterocycles. The van der Waals surface area contributed by atoms with E-state index < -0.39 is 34.8 Å². The number of likely N-dealkylation sites (N-methyl/N-ethyl adjacent to an activating group) is 1. The van der Waals surface area contributed by atoms with Gasteiger partial charge in [-0.05, 0) is 93.4 Å². The molecular formula is C37H35F2N7O4. The molecule has 0 bridgehead atoms. The molecule has 13 heteroatoms. The molecule has 11 nitrogen and oxygen atoms in total. The van der Waals surface area contributed by atoms with Crippen LogP contribution in [0.25, 0.3) is 33.5 Å². The van der Waals surface area contributed by atoms with Gasteiger partial charge in [0, 0.05) is 31.0 Å². The highest BCUT2D eigenvalue weighted by Gasteiger charge is 2.28. The van der Waals surface area contributed by atoms with Crippen molar-refractivity contribution in [2.45, 2.75) is 37.8 Å². The van der Waals surface area contributed by atoms with Gasteiger partial charge in [0.15, 0.2) is 5.65 Å². The Balaban J connectivity index is 1.15. The van der Waals surface area contributed by atoms with Gasteiger partial charge in [0.05, 0.1) is 17.3 Å². The van der Waals surface area contributed by atoms with Gasteiger partial charge in [0.25, 0.3) is 11.5 Å². The van der Waals surface area contributed by atoms with Crippen molar-refractivity contribution in [1.29, 1.82) is 0 Å². The number of aromatic nitrogens is 5. The largest absolute Gasteiger partial charge is 0.492 e. The Hall–Kier alpha value is -5.69. The first-order chi connectivity index (χ1) is 24.1. The summed E-state index contributed by atoms with van der Waals surface area (Å²) in [6.45, 7) is 1.35. The quantitative estimate of drug-likeness (QED) is 0.229. The van der Waals surface area contributed by atoms with Crippen molar-refractivity contribution in [3.8, 4) is 22.6 Å². The Morgan fingerprint density at radius 3 is 2.48 bits per heavy atom. The summed E-state index contributed by atoms with van der Waals surface area (Å²) in [4.78, 5) is 51.5.